The molecular formula is C56H82CaO14S2. The molecule has 0 spiro atoms. The Morgan fingerprint density at radius 2 is 0.603 bits per heavy atom. The van der Waals surface area contributed by atoms with Gasteiger partial charge in [-0.05, 0) is 139 Å². The molecule has 0 aromatic heterocycles. The van der Waals surface area contributed by atoms with Gasteiger partial charge in [-0.3, -0.25) is 0 Å². The topological polar surface area (TPSA) is 220 Å². The number of hydrogen-bond donors (Lipinski definition) is 0. The molecule has 0 atom stereocenters. The first kappa shape index (κ1) is 69.4. The molecule has 0 saturated heterocycles. The van der Waals surface area contributed by atoms with Crippen molar-refractivity contribution in [2.24, 2.45) is 0 Å². The molecule has 17 heteroatoms. The molecule has 404 valence electrons. The maximum Gasteiger partial charge on any atom is 2.00 e. The first-order chi connectivity index (χ1) is 34.6. The van der Waals surface area contributed by atoms with Crippen molar-refractivity contribution in [1.82, 2.24) is 0 Å². The van der Waals surface area contributed by atoms with E-state index >= 15 is 0 Å². The van der Waals surface area contributed by atoms with Crippen LogP contribution in [0.25, 0.3) is 0 Å². The smallest absolute Gasteiger partial charge is 0.744 e. The number of benzene rings is 2. The zero-order valence-electron chi connectivity index (χ0n) is 44.1. The van der Waals surface area contributed by atoms with Gasteiger partial charge in [0.15, 0.2) is 0 Å². The van der Waals surface area contributed by atoms with E-state index in [1.165, 1.54) is 0 Å². The van der Waals surface area contributed by atoms with Gasteiger partial charge < -0.3 is 28.1 Å². The minimum atomic E-state index is -4.80. The van der Waals surface area contributed by atoms with Crippen LogP contribution in [0.15, 0.2) is 94.8 Å². The summed E-state index contributed by atoms with van der Waals surface area (Å²) in [7, 11) is -9.60. The summed E-state index contributed by atoms with van der Waals surface area (Å²) < 4.78 is 89.7. The third kappa shape index (κ3) is 33.8. The second-order valence-corrected chi connectivity index (χ2v) is 20.0. The van der Waals surface area contributed by atoms with Gasteiger partial charge in [-0.1, -0.05) is 128 Å². The fraction of sp³-hybridized carbons (Fsp3) is 0.571. The molecule has 0 heterocycles. The van der Waals surface area contributed by atoms with Gasteiger partial charge in [-0.15, -0.1) is 0 Å². The van der Waals surface area contributed by atoms with Gasteiger partial charge in [0.05, 0.1) is 58.5 Å². The third-order valence-corrected chi connectivity index (χ3v) is 12.7. The fourth-order valence-electron chi connectivity index (χ4n) is 7.03. The number of esters is 4. The number of carbonyl (C=O) groups excluding carboxylic acids is 4. The number of rotatable bonds is 38. The quantitative estimate of drug-likeness (QED) is 0.0152. The molecule has 73 heavy (non-hydrogen) atoms. The maximum absolute atomic E-state index is 12.6. The van der Waals surface area contributed by atoms with E-state index in [0.717, 1.165) is 165 Å². The van der Waals surface area contributed by atoms with Crippen molar-refractivity contribution in [3.8, 4) is 0 Å². The molecule has 0 N–H and O–H groups in total. The summed E-state index contributed by atoms with van der Waals surface area (Å²) in [5, 5.41) is 0. The van der Waals surface area contributed by atoms with Gasteiger partial charge >= 0.3 is 61.6 Å². The van der Waals surface area contributed by atoms with E-state index < -0.39 is 53.9 Å². The van der Waals surface area contributed by atoms with Crippen LogP contribution in [0.2, 0.25) is 0 Å². The molecule has 0 radical (unpaired) electrons. The van der Waals surface area contributed by atoms with Gasteiger partial charge in [0.1, 0.15) is 20.2 Å². The minimum absolute atomic E-state index is 0. The molecule has 0 fully saturated rings. The number of ether oxygens (including phenoxy) is 4. The Kier molecular flexibility index (Phi) is 41.4. The van der Waals surface area contributed by atoms with Crippen LogP contribution in [0.4, 0.5) is 0 Å². The van der Waals surface area contributed by atoms with Gasteiger partial charge in [0.2, 0.25) is 0 Å². The summed E-state index contributed by atoms with van der Waals surface area (Å²) in [5.41, 5.74) is -0.770. The second-order valence-electron chi connectivity index (χ2n) is 17.2. The Labute approximate surface area is 467 Å². The molecule has 0 bridgehead atoms. The summed E-state index contributed by atoms with van der Waals surface area (Å²) in [6.07, 6.45) is 40.0. The van der Waals surface area contributed by atoms with Crippen molar-refractivity contribution >= 4 is 81.9 Å². The van der Waals surface area contributed by atoms with Crippen molar-refractivity contribution in [3.63, 3.8) is 0 Å². The Hall–Kier alpha value is -3.64. The van der Waals surface area contributed by atoms with Crippen LogP contribution in [0.3, 0.4) is 0 Å². The van der Waals surface area contributed by atoms with Crippen molar-refractivity contribution in [1.29, 1.82) is 0 Å². The zero-order chi connectivity index (χ0) is 53.3. The second kappa shape index (κ2) is 43.6. The largest absolute Gasteiger partial charge is 2.00 e. The van der Waals surface area contributed by atoms with E-state index in [2.05, 4.69) is 76.3 Å². The number of carbonyl (C=O) groups is 4. The van der Waals surface area contributed by atoms with Crippen molar-refractivity contribution in [2.45, 2.75) is 192 Å². The minimum Gasteiger partial charge on any atom is -0.744 e. The standard InChI is InChI=1S/2C28H42O7S.Ca/c2*1-3-5-7-9-11-13-15-17-21-34-27(29)25-20-19-24(36(31,32)33)23-26(25)28(30)35-22-18-16-14-12-10-8-6-4-2;/h2*5-8,19-20,23H,3-4,9-18,21-22H2,1-2H3,(H,31,32,33);/q;;+2/p-2/b2*7-5+,8-6+;. The van der Waals surface area contributed by atoms with Crippen LogP contribution < -0.4 is 0 Å². The number of allylic oxidation sites excluding steroid dienone is 8. The van der Waals surface area contributed by atoms with E-state index in [0.29, 0.717) is 25.7 Å². The van der Waals surface area contributed by atoms with Gasteiger partial charge in [-0.25, -0.2) is 36.0 Å². The zero-order valence-corrected chi connectivity index (χ0v) is 48.0. The Morgan fingerprint density at radius 3 is 0.836 bits per heavy atom. The molecule has 0 aliphatic heterocycles. The van der Waals surface area contributed by atoms with E-state index in [1.807, 2.05) is 0 Å². The maximum atomic E-state index is 12.6. The summed E-state index contributed by atoms with van der Waals surface area (Å²) in [4.78, 5) is 49.3. The summed E-state index contributed by atoms with van der Waals surface area (Å²) in [6.45, 7) is 9.03. The average Bonchev–Trinajstić information content (AvgIpc) is 3.35. The van der Waals surface area contributed by atoms with E-state index in [1.54, 1.807) is 0 Å². The average molecular weight is 1080 g/mol. The van der Waals surface area contributed by atoms with E-state index in [4.69, 9.17) is 18.9 Å². The van der Waals surface area contributed by atoms with E-state index in [-0.39, 0.29) is 86.4 Å². The first-order valence-electron chi connectivity index (χ1n) is 26.1. The van der Waals surface area contributed by atoms with Gasteiger partial charge in [-0.2, -0.15) is 0 Å². The molecule has 0 amide bonds. The summed E-state index contributed by atoms with van der Waals surface area (Å²) in [6, 6.07) is 6.07. The molecule has 0 saturated carbocycles. The molecule has 14 nitrogen and oxygen atoms in total. The van der Waals surface area contributed by atoms with Crippen LogP contribution in [0.1, 0.15) is 223 Å². The van der Waals surface area contributed by atoms with E-state index in [9.17, 15) is 45.1 Å². The molecule has 0 unspecified atom stereocenters. The Morgan fingerprint density at radius 1 is 0.370 bits per heavy atom. The Bertz CT molecular complexity index is 2060. The normalized spacial score (nSPS) is 11.7. The fourth-order valence-corrected chi connectivity index (χ4v) is 8.03. The van der Waals surface area contributed by atoms with Crippen molar-refractivity contribution in [2.75, 3.05) is 26.4 Å². The summed E-state index contributed by atoms with van der Waals surface area (Å²) in [5.74, 6) is -3.19. The summed E-state index contributed by atoms with van der Waals surface area (Å²) >= 11 is 0. The molecule has 2 aromatic rings. The van der Waals surface area contributed by atoms with Crippen LogP contribution in [-0.2, 0) is 39.2 Å². The third-order valence-electron chi connectivity index (χ3n) is 11.0. The predicted molar refractivity (Wildman–Crippen MR) is 286 cm³/mol. The molecule has 0 aliphatic rings. The van der Waals surface area contributed by atoms with Crippen molar-refractivity contribution < 1.29 is 64.1 Å². The molecular weight excluding hydrogens is 1000 g/mol. The Balaban J connectivity index is 0.00000140. The number of hydrogen-bond acceptors (Lipinski definition) is 14. The van der Waals surface area contributed by atoms with Crippen LogP contribution in [0, 0.1) is 0 Å². The van der Waals surface area contributed by atoms with Crippen LogP contribution in [0.5, 0.6) is 0 Å². The van der Waals surface area contributed by atoms with Crippen molar-refractivity contribution in [3.05, 3.63) is 107 Å². The molecule has 2 rings (SSSR count). The molecule has 2 aromatic carbocycles. The first-order valence-corrected chi connectivity index (χ1v) is 28.9. The van der Waals surface area contributed by atoms with Crippen LogP contribution >= 0.6 is 0 Å². The number of unbranched alkanes of at least 4 members (excludes halogenated alkanes) is 16. The van der Waals surface area contributed by atoms with Gasteiger partial charge in [0, 0.05) is 0 Å². The SMILES string of the molecule is CC/C=C/CCCCCCOC(=O)c1ccc(S(=O)(=O)[O-])cc1C(=O)OCCCCCC/C=C/CC.CC/C=C/CCCCCCOC(=O)c1ccc(S(=O)(=O)[O-])cc1C(=O)OCCCCCC/C=C/CC.[Ca+2]. The van der Waals surface area contributed by atoms with Gasteiger partial charge in [0.25, 0.3) is 0 Å². The molecule has 0 aliphatic carbocycles. The monoisotopic (exact) mass is 1080 g/mol. The predicted octanol–water partition coefficient (Wildman–Crippen LogP) is 13.1. The van der Waals surface area contributed by atoms with Crippen LogP contribution in [-0.4, -0.2) is 114 Å².